The standard InChI is InChI=1S/C25H23N3O3S2/c1-3-15-28-22-14-13-18(4-2)16-23(22)32-25(28)26-24(29)19-9-8-10-20(17-19)27-33(30,31)21-11-6-5-7-12-21/h3,5-14,16-17,27H,1,4,15H2,2H3. The summed E-state index contributed by atoms with van der Waals surface area (Å²) in [4.78, 5) is 18.1. The van der Waals surface area contributed by atoms with E-state index in [9.17, 15) is 13.2 Å². The minimum atomic E-state index is -3.76. The van der Waals surface area contributed by atoms with Crippen LogP contribution in [0.15, 0.2) is 95.3 Å². The van der Waals surface area contributed by atoms with Gasteiger partial charge >= 0.3 is 0 Å². The Kier molecular flexibility index (Phi) is 6.57. The van der Waals surface area contributed by atoms with Gasteiger partial charge in [0.25, 0.3) is 15.9 Å². The third kappa shape index (κ3) is 4.97. The van der Waals surface area contributed by atoms with Crippen LogP contribution in [-0.4, -0.2) is 18.9 Å². The highest BCUT2D eigenvalue weighted by Crippen LogP contribution is 2.21. The molecule has 1 N–H and O–H groups in total. The van der Waals surface area contributed by atoms with Gasteiger partial charge < -0.3 is 4.57 Å². The molecule has 1 aromatic heterocycles. The lowest BCUT2D eigenvalue weighted by Crippen LogP contribution is -2.16. The van der Waals surface area contributed by atoms with E-state index < -0.39 is 15.9 Å². The van der Waals surface area contributed by atoms with E-state index in [1.165, 1.54) is 35.1 Å². The van der Waals surface area contributed by atoms with Crippen LogP contribution in [0, 0.1) is 0 Å². The predicted molar refractivity (Wildman–Crippen MR) is 133 cm³/mol. The second kappa shape index (κ2) is 9.56. The second-order valence-electron chi connectivity index (χ2n) is 7.36. The van der Waals surface area contributed by atoms with Crippen molar-refractivity contribution in [2.24, 2.45) is 4.99 Å². The number of thiazole rings is 1. The van der Waals surface area contributed by atoms with Crippen molar-refractivity contribution in [2.45, 2.75) is 24.8 Å². The number of carbonyl (C=O) groups excluding carboxylic acids is 1. The number of fused-ring (bicyclic) bond motifs is 1. The van der Waals surface area contributed by atoms with Crippen molar-refractivity contribution in [1.82, 2.24) is 4.57 Å². The van der Waals surface area contributed by atoms with E-state index >= 15 is 0 Å². The molecule has 168 valence electrons. The molecule has 3 aromatic carbocycles. The molecule has 0 atom stereocenters. The van der Waals surface area contributed by atoms with Crippen LogP contribution < -0.4 is 9.52 Å². The van der Waals surface area contributed by atoms with Crippen molar-refractivity contribution < 1.29 is 13.2 Å². The van der Waals surface area contributed by atoms with Crippen LogP contribution in [0.2, 0.25) is 0 Å². The first-order valence-electron chi connectivity index (χ1n) is 10.4. The van der Waals surface area contributed by atoms with E-state index in [1.807, 2.05) is 10.6 Å². The van der Waals surface area contributed by atoms with E-state index in [0.717, 1.165) is 16.6 Å². The highest BCUT2D eigenvalue weighted by molar-refractivity contribution is 7.92. The third-order valence-electron chi connectivity index (χ3n) is 5.08. The smallest absolute Gasteiger partial charge is 0.279 e. The third-order valence-corrected chi connectivity index (χ3v) is 7.52. The van der Waals surface area contributed by atoms with Crippen LogP contribution in [0.3, 0.4) is 0 Å². The van der Waals surface area contributed by atoms with Crippen LogP contribution in [0.1, 0.15) is 22.8 Å². The van der Waals surface area contributed by atoms with Gasteiger partial charge in [0.2, 0.25) is 0 Å². The van der Waals surface area contributed by atoms with E-state index in [0.29, 0.717) is 22.6 Å². The zero-order valence-corrected chi connectivity index (χ0v) is 19.7. The van der Waals surface area contributed by atoms with Gasteiger partial charge in [-0.2, -0.15) is 4.99 Å². The topological polar surface area (TPSA) is 80.5 Å². The summed E-state index contributed by atoms with van der Waals surface area (Å²) >= 11 is 1.44. The Morgan fingerprint density at radius 2 is 1.88 bits per heavy atom. The number of carbonyl (C=O) groups is 1. The highest BCUT2D eigenvalue weighted by atomic mass is 32.2. The Bertz CT molecular complexity index is 1500. The molecule has 33 heavy (non-hydrogen) atoms. The Labute approximate surface area is 196 Å². The van der Waals surface area contributed by atoms with Crippen LogP contribution in [0.4, 0.5) is 5.69 Å². The van der Waals surface area contributed by atoms with E-state index in [4.69, 9.17) is 0 Å². The Hall–Kier alpha value is -3.49. The fourth-order valence-electron chi connectivity index (χ4n) is 3.41. The molecular weight excluding hydrogens is 454 g/mol. The van der Waals surface area contributed by atoms with Gasteiger partial charge in [-0.3, -0.25) is 9.52 Å². The maximum atomic E-state index is 13.0. The molecule has 4 rings (SSSR count). The molecule has 0 unspecified atom stereocenters. The molecule has 0 aliphatic carbocycles. The van der Waals surface area contributed by atoms with Gasteiger partial charge in [-0.15, -0.1) is 6.58 Å². The van der Waals surface area contributed by atoms with Gasteiger partial charge in [0.05, 0.1) is 15.1 Å². The Balaban J connectivity index is 1.69. The molecule has 1 heterocycles. The summed E-state index contributed by atoms with van der Waals surface area (Å²) in [5, 5.41) is 0. The average molecular weight is 478 g/mol. The molecule has 8 heteroatoms. The van der Waals surface area contributed by atoms with Crippen molar-refractivity contribution >= 4 is 43.2 Å². The predicted octanol–water partition coefficient (Wildman–Crippen LogP) is 4.99. The average Bonchev–Trinajstić information content (AvgIpc) is 3.15. The summed E-state index contributed by atoms with van der Waals surface area (Å²) in [6, 6.07) is 20.6. The fraction of sp³-hybridized carbons (Fsp3) is 0.120. The van der Waals surface area contributed by atoms with Gasteiger partial charge in [-0.05, 0) is 54.4 Å². The summed E-state index contributed by atoms with van der Waals surface area (Å²) in [5.41, 5.74) is 2.79. The van der Waals surface area contributed by atoms with Crippen LogP contribution in [0.25, 0.3) is 10.2 Å². The van der Waals surface area contributed by atoms with Crippen LogP contribution in [-0.2, 0) is 23.0 Å². The van der Waals surface area contributed by atoms with Gasteiger partial charge in [0, 0.05) is 17.8 Å². The first kappa shape index (κ1) is 22.7. The van der Waals surface area contributed by atoms with Gasteiger partial charge in [-0.1, -0.05) is 54.7 Å². The van der Waals surface area contributed by atoms with Crippen molar-refractivity contribution in [3.8, 4) is 0 Å². The number of hydrogen-bond acceptors (Lipinski definition) is 4. The molecule has 4 aromatic rings. The number of nitrogens with one attached hydrogen (secondary N) is 1. The van der Waals surface area contributed by atoms with Crippen LogP contribution in [0.5, 0.6) is 0 Å². The number of nitrogens with zero attached hydrogens (tertiary/aromatic N) is 2. The normalized spacial score (nSPS) is 12.1. The summed E-state index contributed by atoms with van der Waals surface area (Å²) < 4.78 is 30.7. The van der Waals surface area contributed by atoms with Gasteiger partial charge in [0.1, 0.15) is 0 Å². The quantitative estimate of drug-likeness (QED) is 0.381. The number of rotatable bonds is 7. The molecule has 1 amide bonds. The Morgan fingerprint density at radius 1 is 1.09 bits per heavy atom. The summed E-state index contributed by atoms with van der Waals surface area (Å²) in [5.74, 6) is -0.448. The zero-order chi connectivity index (χ0) is 23.4. The number of hydrogen-bond donors (Lipinski definition) is 1. The van der Waals surface area contributed by atoms with Gasteiger partial charge in [-0.25, -0.2) is 8.42 Å². The van der Waals surface area contributed by atoms with Crippen molar-refractivity contribution in [3.05, 3.63) is 101 Å². The molecule has 0 fully saturated rings. The van der Waals surface area contributed by atoms with Crippen molar-refractivity contribution in [3.63, 3.8) is 0 Å². The number of aryl methyl sites for hydroxylation is 1. The minimum Gasteiger partial charge on any atom is -0.312 e. The number of anilines is 1. The first-order valence-corrected chi connectivity index (χ1v) is 12.7. The molecule has 0 saturated carbocycles. The number of amides is 1. The molecule has 0 radical (unpaired) electrons. The van der Waals surface area contributed by atoms with E-state index in [-0.39, 0.29) is 4.90 Å². The maximum Gasteiger partial charge on any atom is 0.279 e. The SMILES string of the molecule is C=CCn1c(=NC(=O)c2cccc(NS(=O)(=O)c3ccccc3)c2)sc2cc(CC)ccc21. The van der Waals surface area contributed by atoms with E-state index in [1.54, 1.807) is 42.5 Å². The number of allylic oxidation sites excluding steroid dienone is 1. The molecular formula is C25H23N3O3S2. The maximum absolute atomic E-state index is 13.0. The lowest BCUT2D eigenvalue weighted by Gasteiger charge is -2.08. The minimum absolute atomic E-state index is 0.147. The monoisotopic (exact) mass is 477 g/mol. The van der Waals surface area contributed by atoms with Crippen molar-refractivity contribution in [2.75, 3.05) is 4.72 Å². The molecule has 0 aliphatic rings. The van der Waals surface area contributed by atoms with Gasteiger partial charge in [0.15, 0.2) is 4.80 Å². The fourth-order valence-corrected chi connectivity index (χ4v) is 5.58. The highest BCUT2D eigenvalue weighted by Gasteiger charge is 2.15. The number of aromatic nitrogens is 1. The molecule has 0 bridgehead atoms. The Morgan fingerprint density at radius 3 is 2.61 bits per heavy atom. The molecule has 0 aliphatic heterocycles. The van der Waals surface area contributed by atoms with Crippen molar-refractivity contribution in [1.29, 1.82) is 0 Å². The summed E-state index contributed by atoms with van der Waals surface area (Å²) in [6.45, 7) is 6.44. The number of sulfonamides is 1. The lowest BCUT2D eigenvalue weighted by atomic mass is 10.2. The zero-order valence-electron chi connectivity index (χ0n) is 18.1. The lowest BCUT2D eigenvalue weighted by molar-refractivity contribution is 0.0998. The second-order valence-corrected chi connectivity index (χ2v) is 10.0. The van der Waals surface area contributed by atoms with E-state index in [2.05, 4.69) is 35.3 Å². The number of benzene rings is 3. The molecule has 0 saturated heterocycles. The molecule has 6 nitrogen and oxygen atoms in total. The first-order chi connectivity index (χ1) is 15.9. The summed E-state index contributed by atoms with van der Waals surface area (Å²) in [7, 11) is -3.76. The van der Waals surface area contributed by atoms with Crippen LogP contribution >= 0.6 is 11.3 Å². The summed E-state index contributed by atoms with van der Waals surface area (Å²) in [6.07, 6.45) is 2.69. The molecule has 0 spiro atoms. The largest absolute Gasteiger partial charge is 0.312 e.